The Morgan fingerprint density at radius 1 is 1.17 bits per heavy atom. The highest BCUT2D eigenvalue weighted by molar-refractivity contribution is 6.16. The lowest BCUT2D eigenvalue weighted by molar-refractivity contribution is -0.621. The molecule has 3 rings (SSSR count). The van der Waals surface area contributed by atoms with Gasteiger partial charge in [-0.15, -0.1) is 0 Å². The number of halogens is 2. The number of hydrogen-bond acceptors (Lipinski definition) is 5. The fourth-order valence-corrected chi connectivity index (χ4v) is 3.50. The molecule has 0 saturated carbocycles. The van der Waals surface area contributed by atoms with Gasteiger partial charge in [0, 0.05) is 13.8 Å². The average molecular weight is 408 g/mol. The van der Waals surface area contributed by atoms with Gasteiger partial charge < -0.3 is 10.3 Å². The van der Waals surface area contributed by atoms with Crippen LogP contribution in [0, 0.1) is 36.6 Å². The van der Waals surface area contributed by atoms with Gasteiger partial charge in [-0.05, 0) is 17.7 Å². The zero-order valence-corrected chi connectivity index (χ0v) is 15.5. The normalized spacial score (nSPS) is 16.0. The van der Waals surface area contributed by atoms with Gasteiger partial charge in [0.15, 0.2) is 11.6 Å². The molecule has 1 aliphatic heterocycles. The van der Waals surface area contributed by atoms with Crippen molar-refractivity contribution >= 4 is 17.8 Å². The third kappa shape index (κ3) is 3.44. The van der Waals surface area contributed by atoms with Crippen LogP contribution in [0.1, 0.15) is 28.7 Å². The van der Waals surface area contributed by atoms with Gasteiger partial charge in [-0.2, -0.15) is 0 Å². The number of aromatic nitrogens is 2. The van der Waals surface area contributed by atoms with Gasteiger partial charge in [-0.1, -0.05) is 6.07 Å². The van der Waals surface area contributed by atoms with Crippen molar-refractivity contribution in [2.45, 2.75) is 26.3 Å². The van der Waals surface area contributed by atoms with E-state index in [-0.39, 0.29) is 30.2 Å². The molecule has 1 atom stereocenters. The first-order chi connectivity index (χ1) is 13.7. The molecule has 2 aromatic rings. The molecule has 154 valence electrons. The van der Waals surface area contributed by atoms with Crippen molar-refractivity contribution in [1.29, 1.82) is 0 Å². The SMILES string of the molecule is Cc1c(C)[n+]([O-])c(C(c2ccc(F)c(F)c2)C2C(=O)NC(=O)NC2=O)n1CCO. The Morgan fingerprint density at radius 2 is 1.79 bits per heavy atom. The van der Waals surface area contributed by atoms with Crippen molar-refractivity contribution in [2.75, 3.05) is 6.61 Å². The number of aliphatic hydroxyl groups is 1. The monoisotopic (exact) mass is 408 g/mol. The first-order valence-electron chi connectivity index (χ1n) is 8.68. The Kier molecular flexibility index (Phi) is 5.33. The Hall–Kier alpha value is -3.34. The van der Waals surface area contributed by atoms with Crippen LogP contribution in [0.3, 0.4) is 0 Å². The van der Waals surface area contributed by atoms with E-state index >= 15 is 0 Å². The van der Waals surface area contributed by atoms with E-state index in [1.807, 2.05) is 10.6 Å². The van der Waals surface area contributed by atoms with Crippen molar-refractivity contribution < 1.29 is 33.0 Å². The van der Waals surface area contributed by atoms with E-state index < -0.39 is 41.3 Å². The summed E-state index contributed by atoms with van der Waals surface area (Å²) in [7, 11) is 0. The fourth-order valence-electron chi connectivity index (χ4n) is 3.50. The number of nitrogens with one attached hydrogen (secondary N) is 2. The number of barbiturate groups is 1. The summed E-state index contributed by atoms with van der Waals surface area (Å²) < 4.78 is 29.3. The van der Waals surface area contributed by atoms with Crippen molar-refractivity contribution in [1.82, 2.24) is 15.2 Å². The smallest absolute Gasteiger partial charge is 0.328 e. The van der Waals surface area contributed by atoms with E-state index in [0.717, 1.165) is 18.2 Å². The van der Waals surface area contributed by atoms with E-state index in [2.05, 4.69) is 0 Å². The number of carbonyl (C=O) groups excluding carboxylic acids is 3. The predicted octanol–water partition coefficient (Wildman–Crippen LogP) is 0.123. The molecular formula is C18H18F2N4O5. The summed E-state index contributed by atoms with van der Waals surface area (Å²) >= 11 is 0. The largest absolute Gasteiger partial charge is 0.711 e. The summed E-state index contributed by atoms with van der Waals surface area (Å²) in [5.74, 6) is -7.43. The number of hydrogen-bond donors (Lipinski definition) is 3. The van der Waals surface area contributed by atoms with Crippen LogP contribution in [0.25, 0.3) is 0 Å². The van der Waals surface area contributed by atoms with E-state index in [4.69, 9.17) is 0 Å². The van der Waals surface area contributed by atoms with Crippen LogP contribution in [0.15, 0.2) is 18.2 Å². The number of urea groups is 1. The lowest BCUT2D eigenvalue weighted by Gasteiger charge is -2.27. The number of rotatable bonds is 5. The Labute approximate surface area is 163 Å². The Balaban J connectivity index is 2.29. The second-order valence-electron chi connectivity index (χ2n) is 6.64. The first kappa shape index (κ1) is 20.4. The number of imidazole rings is 1. The molecule has 0 radical (unpaired) electrons. The molecule has 0 aliphatic carbocycles. The third-order valence-corrected chi connectivity index (χ3v) is 4.99. The second kappa shape index (κ2) is 7.59. The lowest BCUT2D eigenvalue weighted by atomic mass is 9.83. The molecule has 1 aromatic heterocycles. The molecular weight excluding hydrogens is 390 g/mol. The van der Waals surface area contributed by atoms with Crippen molar-refractivity contribution in [3.63, 3.8) is 0 Å². The summed E-state index contributed by atoms with van der Waals surface area (Å²) in [6, 6.07) is 1.74. The van der Waals surface area contributed by atoms with E-state index in [1.54, 1.807) is 6.92 Å². The minimum absolute atomic E-state index is 0.0187. The molecule has 29 heavy (non-hydrogen) atoms. The molecule has 2 heterocycles. The second-order valence-corrected chi connectivity index (χ2v) is 6.64. The first-order valence-corrected chi connectivity index (χ1v) is 8.68. The Bertz CT molecular complexity index is 1000. The van der Waals surface area contributed by atoms with Crippen LogP contribution >= 0.6 is 0 Å². The number of carbonyl (C=O) groups is 3. The fraction of sp³-hybridized carbons (Fsp3) is 0.333. The van der Waals surface area contributed by atoms with Gasteiger partial charge in [0.25, 0.3) is 5.82 Å². The molecule has 11 heteroatoms. The highest BCUT2D eigenvalue weighted by atomic mass is 19.2. The van der Waals surface area contributed by atoms with Crippen LogP contribution in [0.4, 0.5) is 13.6 Å². The van der Waals surface area contributed by atoms with Gasteiger partial charge in [-0.3, -0.25) is 20.2 Å². The molecule has 1 aliphatic rings. The van der Waals surface area contributed by atoms with Crippen molar-refractivity contribution in [3.05, 3.63) is 57.8 Å². The van der Waals surface area contributed by atoms with Crippen LogP contribution in [-0.4, -0.2) is 34.1 Å². The molecule has 3 N–H and O–H groups in total. The third-order valence-electron chi connectivity index (χ3n) is 4.99. The van der Waals surface area contributed by atoms with Crippen molar-refractivity contribution in [3.8, 4) is 0 Å². The molecule has 1 aromatic carbocycles. The maximum Gasteiger partial charge on any atom is 0.328 e. The van der Waals surface area contributed by atoms with Gasteiger partial charge in [0.1, 0.15) is 29.8 Å². The van der Waals surface area contributed by atoms with E-state index in [0.29, 0.717) is 10.4 Å². The topological polar surface area (TPSA) is 127 Å². The summed E-state index contributed by atoms with van der Waals surface area (Å²) in [5.41, 5.74) is 0.688. The predicted molar refractivity (Wildman–Crippen MR) is 93.3 cm³/mol. The van der Waals surface area contributed by atoms with Crippen molar-refractivity contribution in [2.24, 2.45) is 5.92 Å². The molecule has 0 spiro atoms. The van der Waals surface area contributed by atoms with Gasteiger partial charge >= 0.3 is 6.03 Å². The highest BCUT2D eigenvalue weighted by Gasteiger charge is 2.47. The average Bonchev–Trinajstić information content (AvgIpc) is 2.85. The number of aliphatic hydroxyl groups excluding tert-OH is 1. The zero-order valence-electron chi connectivity index (χ0n) is 15.5. The minimum atomic E-state index is -1.61. The molecule has 4 amide bonds. The highest BCUT2D eigenvalue weighted by Crippen LogP contribution is 2.34. The van der Waals surface area contributed by atoms with Gasteiger partial charge in [0.05, 0.1) is 6.61 Å². The maximum atomic E-state index is 14.0. The minimum Gasteiger partial charge on any atom is -0.711 e. The van der Waals surface area contributed by atoms with Crippen LogP contribution < -0.4 is 15.4 Å². The van der Waals surface area contributed by atoms with Crippen LogP contribution in [-0.2, 0) is 16.1 Å². The maximum absolute atomic E-state index is 14.0. The Morgan fingerprint density at radius 3 is 2.34 bits per heavy atom. The molecule has 1 fully saturated rings. The van der Waals surface area contributed by atoms with Gasteiger partial charge in [0.2, 0.25) is 11.8 Å². The summed E-state index contributed by atoms with van der Waals surface area (Å²) in [6.07, 6.45) is 0. The summed E-state index contributed by atoms with van der Waals surface area (Å²) in [4.78, 5) is 36.4. The number of benzene rings is 1. The summed E-state index contributed by atoms with van der Waals surface area (Å²) in [5, 5.41) is 26.2. The zero-order chi connectivity index (χ0) is 21.5. The quantitative estimate of drug-likeness (QED) is 0.368. The number of amides is 4. The lowest BCUT2D eigenvalue weighted by Crippen LogP contribution is -2.58. The van der Waals surface area contributed by atoms with E-state index in [9.17, 15) is 33.5 Å². The standard InChI is InChI=1S/C18H18F2N4O5/c1-8-9(2)24(29)17(23(8)5-6-25)13(10-3-4-11(19)12(20)7-10)14-15(26)21-18(28)22-16(14)27/h3-4,7,13-14,25H,5-6H2,1-2H3,(H2,21,22,26,27,28). The number of imide groups is 2. The molecule has 1 unspecified atom stereocenters. The van der Waals surface area contributed by atoms with Crippen LogP contribution in [0.2, 0.25) is 0 Å². The molecule has 1 saturated heterocycles. The van der Waals surface area contributed by atoms with E-state index in [1.165, 1.54) is 11.5 Å². The number of nitrogens with zero attached hydrogens (tertiary/aromatic N) is 2. The van der Waals surface area contributed by atoms with Gasteiger partial charge in [-0.25, -0.2) is 22.9 Å². The van der Waals surface area contributed by atoms with Crippen LogP contribution in [0.5, 0.6) is 0 Å². The molecule has 9 nitrogen and oxygen atoms in total. The molecule has 0 bridgehead atoms. The summed E-state index contributed by atoms with van der Waals surface area (Å²) in [6.45, 7) is 2.72.